The monoisotopic (exact) mass is 450 g/mol. The number of carbonyl (C=O) groups is 2. The van der Waals surface area contributed by atoms with Gasteiger partial charge in [-0.1, -0.05) is 30.3 Å². The number of ether oxygens (including phenoxy) is 2. The van der Waals surface area contributed by atoms with Crippen molar-refractivity contribution in [3.8, 4) is 11.5 Å². The van der Waals surface area contributed by atoms with Crippen molar-refractivity contribution < 1.29 is 19.1 Å². The molecule has 5 heteroatoms. The molecule has 0 fully saturated rings. The molecule has 4 nitrogen and oxygen atoms in total. The molecule has 0 bridgehead atoms. The standard InChI is InChI=1S/C24H19BrO4/c1-12-16-7-5-6-8-17(16)13(2)22-18(12)9-10-19-23(22)20(25)11-21(28-14(3)26)24(19)29-15(4)27/h5-11H,1-4H3. The van der Waals surface area contributed by atoms with Gasteiger partial charge in [-0.2, -0.15) is 0 Å². The molecule has 29 heavy (non-hydrogen) atoms. The van der Waals surface area contributed by atoms with Crippen molar-refractivity contribution >= 4 is 60.2 Å². The van der Waals surface area contributed by atoms with E-state index in [-0.39, 0.29) is 11.5 Å². The first-order chi connectivity index (χ1) is 13.8. The minimum atomic E-state index is -0.483. The van der Waals surface area contributed by atoms with Crippen LogP contribution < -0.4 is 9.47 Å². The lowest BCUT2D eigenvalue weighted by atomic mass is 9.90. The second-order valence-corrected chi connectivity index (χ2v) is 7.93. The Hall–Kier alpha value is -2.92. The maximum Gasteiger partial charge on any atom is 0.308 e. The quantitative estimate of drug-likeness (QED) is 0.154. The number of halogens is 1. The lowest BCUT2D eigenvalue weighted by molar-refractivity contribution is -0.134. The molecular formula is C24H19BrO4. The van der Waals surface area contributed by atoms with Gasteiger partial charge < -0.3 is 9.47 Å². The van der Waals surface area contributed by atoms with Gasteiger partial charge >= 0.3 is 11.9 Å². The first-order valence-corrected chi connectivity index (χ1v) is 10.0. The van der Waals surface area contributed by atoms with E-state index in [0.717, 1.165) is 26.2 Å². The summed E-state index contributed by atoms with van der Waals surface area (Å²) in [5, 5.41) is 6.22. The number of esters is 2. The van der Waals surface area contributed by atoms with Crippen LogP contribution in [-0.4, -0.2) is 11.9 Å². The number of benzene rings is 4. The summed E-state index contributed by atoms with van der Waals surface area (Å²) in [4.78, 5) is 23.3. The summed E-state index contributed by atoms with van der Waals surface area (Å²) in [6.45, 7) is 6.86. The summed E-state index contributed by atoms with van der Waals surface area (Å²) >= 11 is 3.65. The highest BCUT2D eigenvalue weighted by Crippen LogP contribution is 2.46. The normalized spacial score (nSPS) is 11.2. The molecule has 0 saturated carbocycles. The average Bonchev–Trinajstić information content (AvgIpc) is 2.67. The number of aryl methyl sites for hydroxylation is 2. The van der Waals surface area contributed by atoms with Gasteiger partial charge in [-0.05, 0) is 74.6 Å². The Morgan fingerprint density at radius 1 is 0.759 bits per heavy atom. The lowest BCUT2D eigenvalue weighted by Crippen LogP contribution is -2.08. The molecule has 0 amide bonds. The smallest absolute Gasteiger partial charge is 0.308 e. The Kier molecular flexibility index (Phi) is 4.79. The van der Waals surface area contributed by atoms with Crippen molar-refractivity contribution in [2.24, 2.45) is 0 Å². The van der Waals surface area contributed by atoms with E-state index in [1.807, 2.05) is 24.3 Å². The van der Waals surface area contributed by atoms with E-state index in [1.54, 1.807) is 6.07 Å². The molecular weight excluding hydrogens is 432 g/mol. The topological polar surface area (TPSA) is 52.6 Å². The van der Waals surface area contributed by atoms with Gasteiger partial charge in [0, 0.05) is 29.1 Å². The fourth-order valence-electron chi connectivity index (χ4n) is 4.02. The van der Waals surface area contributed by atoms with E-state index in [9.17, 15) is 9.59 Å². The van der Waals surface area contributed by atoms with Crippen molar-refractivity contribution in [2.45, 2.75) is 27.7 Å². The molecule has 0 unspecified atom stereocenters. The first kappa shape index (κ1) is 19.4. The molecule has 0 saturated heterocycles. The SMILES string of the molecule is CC(=O)Oc1cc(Br)c2c(ccc3c(C)c4ccccc4c(C)c32)c1OC(C)=O. The highest BCUT2D eigenvalue weighted by molar-refractivity contribution is 9.10. The number of hydrogen-bond donors (Lipinski definition) is 0. The van der Waals surface area contributed by atoms with Crippen LogP contribution in [-0.2, 0) is 9.59 Å². The van der Waals surface area contributed by atoms with Crippen LogP contribution in [0.25, 0.3) is 32.3 Å². The Bertz CT molecular complexity index is 1340. The number of hydrogen-bond acceptors (Lipinski definition) is 4. The summed E-state index contributed by atoms with van der Waals surface area (Å²) in [5.74, 6) is -0.503. The molecule has 0 aliphatic rings. The predicted molar refractivity (Wildman–Crippen MR) is 119 cm³/mol. The summed E-state index contributed by atoms with van der Waals surface area (Å²) < 4.78 is 11.6. The largest absolute Gasteiger partial charge is 0.423 e. The zero-order valence-corrected chi connectivity index (χ0v) is 18.1. The zero-order valence-electron chi connectivity index (χ0n) is 16.6. The van der Waals surface area contributed by atoms with Gasteiger partial charge in [-0.25, -0.2) is 0 Å². The van der Waals surface area contributed by atoms with Crippen molar-refractivity contribution in [1.82, 2.24) is 0 Å². The van der Waals surface area contributed by atoms with E-state index < -0.39 is 11.9 Å². The molecule has 146 valence electrons. The Morgan fingerprint density at radius 2 is 1.34 bits per heavy atom. The molecule has 0 spiro atoms. The van der Waals surface area contributed by atoms with Gasteiger partial charge in [0.1, 0.15) is 0 Å². The van der Waals surface area contributed by atoms with Crippen LogP contribution >= 0.6 is 15.9 Å². The van der Waals surface area contributed by atoms with Gasteiger partial charge in [-0.15, -0.1) is 0 Å². The van der Waals surface area contributed by atoms with Crippen LogP contribution in [0.3, 0.4) is 0 Å². The maximum absolute atomic E-state index is 11.8. The number of fused-ring (bicyclic) bond motifs is 4. The van der Waals surface area contributed by atoms with E-state index in [2.05, 4.69) is 41.9 Å². The van der Waals surface area contributed by atoms with Crippen LogP contribution in [0, 0.1) is 13.8 Å². The van der Waals surface area contributed by atoms with Gasteiger partial charge in [0.25, 0.3) is 0 Å². The number of carbonyl (C=O) groups excluding carboxylic acids is 2. The van der Waals surface area contributed by atoms with Crippen LogP contribution in [0.2, 0.25) is 0 Å². The van der Waals surface area contributed by atoms with Gasteiger partial charge in [0.2, 0.25) is 0 Å². The number of rotatable bonds is 2. The molecule has 0 N–H and O–H groups in total. The van der Waals surface area contributed by atoms with E-state index >= 15 is 0 Å². The predicted octanol–water partition coefficient (Wildman–Crippen LogP) is 6.38. The van der Waals surface area contributed by atoms with E-state index in [1.165, 1.54) is 30.2 Å². The van der Waals surface area contributed by atoms with E-state index in [0.29, 0.717) is 5.39 Å². The summed E-state index contributed by atoms with van der Waals surface area (Å²) in [6, 6.07) is 13.9. The molecule has 0 heterocycles. The van der Waals surface area contributed by atoms with Crippen LogP contribution in [0.1, 0.15) is 25.0 Å². The molecule has 0 radical (unpaired) electrons. The second kappa shape index (κ2) is 7.16. The minimum Gasteiger partial charge on any atom is -0.423 e. The fraction of sp³-hybridized carbons (Fsp3) is 0.167. The lowest BCUT2D eigenvalue weighted by Gasteiger charge is -2.18. The van der Waals surface area contributed by atoms with Crippen LogP contribution in [0.4, 0.5) is 0 Å². The highest BCUT2D eigenvalue weighted by atomic mass is 79.9. The van der Waals surface area contributed by atoms with Crippen molar-refractivity contribution in [1.29, 1.82) is 0 Å². The molecule has 4 aromatic carbocycles. The molecule has 0 atom stereocenters. The van der Waals surface area contributed by atoms with Crippen molar-refractivity contribution in [2.75, 3.05) is 0 Å². The van der Waals surface area contributed by atoms with Gasteiger partial charge in [0.15, 0.2) is 11.5 Å². The second-order valence-electron chi connectivity index (χ2n) is 7.08. The summed E-state index contributed by atoms with van der Waals surface area (Å²) in [7, 11) is 0. The highest BCUT2D eigenvalue weighted by Gasteiger charge is 2.21. The summed E-state index contributed by atoms with van der Waals surface area (Å²) in [6.07, 6.45) is 0. The Morgan fingerprint density at radius 3 is 1.97 bits per heavy atom. The van der Waals surface area contributed by atoms with Crippen molar-refractivity contribution in [3.63, 3.8) is 0 Å². The zero-order chi connectivity index (χ0) is 20.9. The Balaban J connectivity index is 2.22. The molecule has 4 aromatic rings. The minimum absolute atomic E-state index is 0.210. The third kappa shape index (κ3) is 3.15. The third-order valence-electron chi connectivity index (χ3n) is 5.18. The van der Waals surface area contributed by atoms with Crippen molar-refractivity contribution in [3.05, 3.63) is 58.1 Å². The van der Waals surface area contributed by atoms with E-state index in [4.69, 9.17) is 9.47 Å². The molecule has 0 aromatic heterocycles. The third-order valence-corrected chi connectivity index (χ3v) is 5.81. The maximum atomic E-state index is 11.8. The molecule has 4 rings (SSSR count). The van der Waals surface area contributed by atoms with Gasteiger partial charge in [-0.3, -0.25) is 9.59 Å². The first-order valence-electron chi connectivity index (χ1n) is 9.23. The average molecular weight is 451 g/mol. The fourth-order valence-corrected chi connectivity index (χ4v) is 4.64. The van der Waals surface area contributed by atoms with Crippen LogP contribution in [0.15, 0.2) is 46.9 Å². The Labute approximate surface area is 176 Å². The summed E-state index contributed by atoms with van der Waals surface area (Å²) in [5.41, 5.74) is 2.33. The van der Waals surface area contributed by atoms with Crippen LogP contribution in [0.5, 0.6) is 11.5 Å². The molecule has 0 aliphatic carbocycles. The molecule has 0 aliphatic heterocycles. The van der Waals surface area contributed by atoms with Gasteiger partial charge in [0.05, 0.1) is 0 Å².